The predicted octanol–water partition coefficient (Wildman–Crippen LogP) is 3.35. The monoisotopic (exact) mass is 363 g/mol. The number of hydrogen-bond acceptors (Lipinski definition) is 2. The summed E-state index contributed by atoms with van der Waals surface area (Å²) in [4.78, 5) is 30.0. The van der Waals surface area contributed by atoms with E-state index >= 15 is 0 Å². The van der Waals surface area contributed by atoms with Gasteiger partial charge in [-0.15, -0.1) is 0 Å². The van der Waals surface area contributed by atoms with Gasteiger partial charge in [-0.3, -0.25) is 9.36 Å². The van der Waals surface area contributed by atoms with Crippen LogP contribution in [0.3, 0.4) is 0 Å². The molecule has 2 aromatic carbocycles. The van der Waals surface area contributed by atoms with Gasteiger partial charge >= 0.3 is 5.69 Å². The van der Waals surface area contributed by atoms with Crippen molar-refractivity contribution in [3.8, 4) is 0 Å². The molecule has 3 aromatic rings. The molecule has 2 heterocycles. The van der Waals surface area contributed by atoms with E-state index in [1.54, 1.807) is 0 Å². The van der Waals surface area contributed by atoms with Crippen molar-refractivity contribution in [2.24, 2.45) is 0 Å². The summed E-state index contributed by atoms with van der Waals surface area (Å²) in [5.74, 6) is 0.174. The van der Waals surface area contributed by atoms with Gasteiger partial charge in [-0.25, -0.2) is 4.79 Å². The first kappa shape index (κ1) is 17.6. The molecule has 5 heteroatoms. The second kappa shape index (κ2) is 7.06. The molecule has 0 saturated carbocycles. The van der Waals surface area contributed by atoms with Crippen LogP contribution in [0, 0.1) is 13.8 Å². The van der Waals surface area contributed by atoms with E-state index in [9.17, 15) is 9.59 Å². The van der Waals surface area contributed by atoms with Crippen LogP contribution in [0.1, 0.15) is 35.6 Å². The number of benzene rings is 2. The standard InChI is InChI=1S/C22H25N3O2/c1-15-7-8-16(2)17(13-15)14-21(26)24-11-9-18(10-12-24)25-20-6-4-3-5-19(20)23-22(25)27/h3-8,13,18H,9-12,14H2,1-2H3,(H,23,27). The number of imidazole rings is 1. The molecule has 0 bridgehead atoms. The van der Waals surface area contributed by atoms with Gasteiger partial charge < -0.3 is 9.88 Å². The Morgan fingerprint density at radius 1 is 1.11 bits per heavy atom. The number of nitrogens with zero attached hydrogens (tertiary/aromatic N) is 2. The van der Waals surface area contributed by atoms with Crippen LogP contribution in [0.15, 0.2) is 47.3 Å². The highest BCUT2D eigenvalue weighted by atomic mass is 16.2. The number of likely N-dealkylation sites (tertiary alicyclic amines) is 1. The van der Waals surface area contributed by atoms with Gasteiger partial charge in [-0.2, -0.15) is 0 Å². The lowest BCUT2D eigenvalue weighted by Gasteiger charge is -2.32. The molecule has 0 radical (unpaired) electrons. The minimum atomic E-state index is -0.0589. The molecule has 0 unspecified atom stereocenters. The average molecular weight is 363 g/mol. The maximum Gasteiger partial charge on any atom is 0.326 e. The summed E-state index contributed by atoms with van der Waals surface area (Å²) in [6, 6.07) is 14.2. The first-order chi connectivity index (χ1) is 13.0. The number of aryl methyl sites for hydroxylation is 2. The van der Waals surface area contributed by atoms with Crippen LogP contribution in [0.4, 0.5) is 0 Å². The number of carbonyl (C=O) groups is 1. The maximum atomic E-state index is 12.8. The molecular formula is C22H25N3O2. The Bertz CT molecular complexity index is 1040. The van der Waals surface area contributed by atoms with E-state index in [0.717, 1.165) is 35.0 Å². The zero-order chi connectivity index (χ0) is 19.0. The van der Waals surface area contributed by atoms with Crippen molar-refractivity contribution in [2.75, 3.05) is 13.1 Å². The third kappa shape index (κ3) is 3.42. The van der Waals surface area contributed by atoms with E-state index < -0.39 is 0 Å². The highest BCUT2D eigenvalue weighted by Gasteiger charge is 2.26. The van der Waals surface area contributed by atoms with Crippen molar-refractivity contribution in [3.05, 3.63) is 69.6 Å². The lowest BCUT2D eigenvalue weighted by Crippen LogP contribution is -2.41. The zero-order valence-electron chi connectivity index (χ0n) is 15.9. The molecule has 0 aliphatic carbocycles. The number of aromatic amines is 1. The number of para-hydroxylation sites is 2. The van der Waals surface area contributed by atoms with Crippen LogP contribution in [0.25, 0.3) is 11.0 Å². The average Bonchev–Trinajstić information content (AvgIpc) is 3.00. The Labute approximate surface area is 158 Å². The predicted molar refractivity (Wildman–Crippen MR) is 107 cm³/mol. The molecule has 0 spiro atoms. The van der Waals surface area contributed by atoms with Crippen LogP contribution in [-0.2, 0) is 11.2 Å². The molecule has 1 amide bonds. The van der Waals surface area contributed by atoms with Gasteiger partial charge in [0.25, 0.3) is 0 Å². The Morgan fingerprint density at radius 3 is 2.63 bits per heavy atom. The fourth-order valence-corrected chi connectivity index (χ4v) is 4.08. The van der Waals surface area contributed by atoms with E-state index in [-0.39, 0.29) is 17.6 Å². The van der Waals surface area contributed by atoms with Crippen molar-refractivity contribution < 1.29 is 4.79 Å². The van der Waals surface area contributed by atoms with Gasteiger partial charge in [0.2, 0.25) is 5.91 Å². The van der Waals surface area contributed by atoms with E-state index in [0.29, 0.717) is 19.5 Å². The molecule has 27 heavy (non-hydrogen) atoms. The Kier molecular flexibility index (Phi) is 4.60. The third-order valence-electron chi connectivity index (χ3n) is 5.65. The molecule has 1 aliphatic rings. The van der Waals surface area contributed by atoms with Crippen LogP contribution < -0.4 is 5.69 Å². The van der Waals surface area contributed by atoms with Gasteiger partial charge in [-0.05, 0) is 49.9 Å². The number of rotatable bonds is 3. The van der Waals surface area contributed by atoms with Gasteiger partial charge in [0.1, 0.15) is 0 Å². The van der Waals surface area contributed by atoms with E-state index in [1.165, 1.54) is 5.56 Å². The minimum Gasteiger partial charge on any atom is -0.342 e. The van der Waals surface area contributed by atoms with Crippen molar-refractivity contribution >= 4 is 16.9 Å². The summed E-state index contributed by atoms with van der Waals surface area (Å²) in [7, 11) is 0. The van der Waals surface area contributed by atoms with Crippen LogP contribution in [-0.4, -0.2) is 33.4 Å². The number of aromatic nitrogens is 2. The van der Waals surface area contributed by atoms with Crippen molar-refractivity contribution in [1.82, 2.24) is 14.5 Å². The highest BCUT2D eigenvalue weighted by molar-refractivity contribution is 5.79. The summed E-state index contributed by atoms with van der Waals surface area (Å²) in [6.07, 6.45) is 2.06. The fourth-order valence-electron chi connectivity index (χ4n) is 4.08. The largest absolute Gasteiger partial charge is 0.342 e. The molecule has 140 valence electrons. The SMILES string of the molecule is Cc1ccc(C)c(CC(=O)N2CCC(n3c(=O)[nH]c4ccccc43)CC2)c1. The zero-order valence-corrected chi connectivity index (χ0v) is 15.9. The Balaban J connectivity index is 1.45. The van der Waals surface area contributed by atoms with Crippen molar-refractivity contribution in [1.29, 1.82) is 0 Å². The molecule has 1 aromatic heterocycles. The fraction of sp³-hybridized carbons (Fsp3) is 0.364. The molecule has 5 nitrogen and oxygen atoms in total. The van der Waals surface area contributed by atoms with E-state index in [1.807, 2.05) is 33.7 Å². The Morgan fingerprint density at radius 2 is 1.85 bits per heavy atom. The highest BCUT2D eigenvalue weighted by Crippen LogP contribution is 2.25. The lowest BCUT2D eigenvalue weighted by molar-refractivity contribution is -0.131. The number of carbonyl (C=O) groups excluding carboxylic acids is 1. The second-order valence-corrected chi connectivity index (χ2v) is 7.54. The van der Waals surface area contributed by atoms with Gasteiger partial charge in [0.05, 0.1) is 17.5 Å². The van der Waals surface area contributed by atoms with E-state index in [2.05, 4.69) is 37.0 Å². The smallest absolute Gasteiger partial charge is 0.326 e. The molecule has 1 saturated heterocycles. The molecule has 1 N–H and O–H groups in total. The van der Waals surface area contributed by atoms with E-state index in [4.69, 9.17) is 0 Å². The minimum absolute atomic E-state index is 0.0589. The quantitative estimate of drug-likeness (QED) is 0.776. The first-order valence-corrected chi connectivity index (χ1v) is 9.56. The molecular weight excluding hydrogens is 338 g/mol. The van der Waals surface area contributed by atoms with Crippen molar-refractivity contribution in [2.45, 2.75) is 39.2 Å². The number of amides is 1. The lowest BCUT2D eigenvalue weighted by atomic mass is 10.0. The third-order valence-corrected chi connectivity index (χ3v) is 5.65. The van der Waals surface area contributed by atoms with Gasteiger partial charge in [0, 0.05) is 19.1 Å². The number of H-pyrrole nitrogens is 1. The van der Waals surface area contributed by atoms with Crippen LogP contribution in [0.2, 0.25) is 0 Å². The topological polar surface area (TPSA) is 58.1 Å². The molecule has 1 aliphatic heterocycles. The molecule has 1 fully saturated rings. The number of piperidine rings is 1. The van der Waals surface area contributed by atoms with Crippen LogP contribution in [0.5, 0.6) is 0 Å². The normalized spacial score (nSPS) is 15.4. The summed E-state index contributed by atoms with van der Waals surface area (Å²) >= 11 is 0. The summed E-state index contributed by atoms with van der Waals surface area (Å²) in [5, 5.41) is 0. The van der Waals surface area contributed by atoms with Crippen molar-refractivity contribution in [3.63, 3.8) is 0 Å². The number of fused-ring (bicyclic) bond motifs is 1. The summed E-state index contributed by atoms with van der Waals surface area (Å²) in [6.45, 7) is 5.50. The van der Waals surface area contributed by atoms with Gasteiger partial charge in [0.15, 0.2) is 0 Å². The summed E-state index contributed by atoms with van der Waals surface area (Å²) in [5.41, 5.74) is 5.21. The first-order valence-electron chi connectivity index (χ1n) is 9.56. The van der Waals surface area contributed by atoms with Crippen LogP contribution >= 0.6 is 0 Å². The number of hydrogen-bond donors (Lipinski definition) is 1. The molecule has 4 rings (SSSR count). The number of nitrogens with one attached hydrogen (secondary N) is 1. The molecule has 0 atom stereocenters. The maximum absolute atomic E-state index is 12.8. The summed E-state index contributed by atoms with van der Waals surface area (Å²) < 4.78 is 1.86. The Hall–Kier alpha value is -2.82. The van der Waals surface area contributed by atoms with Gasteiger partial charge in [-0.1, -0.05) is 35.9 Å². The second-order valence-electron chi connectivity index (χ2n) is 7.54.